The lowest BCUT2D eigenvalue weighted by Crippen LogP contribution is -2.36. The number of halogens is 3. The Morgan fingerprint density at radius 3 is 2.68 bits per heavy atom. The highest BCUT2D eigenvalue weighted by Gasteiger charge is 2.33. The zero-order valence-corrected chi connectivity index (χ0v) is 14.2. The minimum atomic E-state index is -4.37. The molecule has 0 saturated heterocycles. The molecule has 0 unspecified atom stereocenters. The molecule has 0 radical (unpaired) electrons. The molecular formula is C18H20F3N3O. The van der Waals surface area contributed by atoms with Crippen LogP contribution < -0.4 is 5.56 Å². The van der Waals surface area contributed by atoms with E-state index in [1.807, 2.05) is 18.7 Å². The van der Waals surface area contributed by atoms with Gasteiger partial charge in [0.15, 0.2) is 0 Å². The molecular weight excluding hydrogens is 331 g/mol. The third-order valence-electron chi connectivity index (χ3n) is 4.43. The van der Waals surface area contributed by atoms with E-state index in [1.54, 1.807) is 6.07 Å². The van der Waals surface area contributed by atoms with E-state index in [-0.39, 0.29) is 23.6 Å². The summed E-state index contributed by atoms with van der Waals surface area (Å²) in [6, 6.07) is 5.62. The minimum absolute atomic E-state index is 0.0827. The van der Waals surface area contributed by atoms with Gasteiger partial charge in [-0.15, -0.1) is 0 Å². The fourth-order valence-electron chi connectivity index (χ4n) is 3.10. The predicted molar refractivity (Wildman–Crippen MR) is 88.2 cm³/mol. The van der Waals surface area contributed by atoms with Crippen molar-refractivity contribution in [3.63, 3.8) is 0 Å². The predicted octanol–water partition coefficient (Wildman–Crippen LogP) is 3.47. The Morgan fingerprint density at radius 1 is 1.28 bits per heavy atom. The van der Waals surface area contributed by atoms with Crippen LogP contribution in [0.4, 0.5) is 13.2 Å². The Morgan fingerprint density at radius 2 is 2.00 bits per heavy atom. The van der Waals surface area contributed by atoms with Crippen molar-refractivity contribution in [3.05, 3.63) is 62.8 Å². The van der Waals surface area contributed by atoms with Crippen LogP contribution in [0.15, 0.2) is 29.1 Å². The first-order valence-electron chi connectivity index (χ1n) is 8.25. The molecule has 0 spiro atoms. The lowest BCUT2D eigenvalue weighted by atomic mass is 10.0. The number of benzene rings is 1. The standard InChI is InChI=1S/C18H20F3N3O/c1-11(2)16-22-15-10-24(8-7-13(15)17(25)23-16)9-12-5-3-4-6-14(12)18(19,20)21/h3-6,11H,7-10H2,1-2H3,(H,22,23,25). The zero-order chi connectivity index (χ0) is 18.2. The number of fused-ring (bicyclic) bond motifs is 1. The van der Waals surface area contributed by atoms with Crippen molar-refractivity contribution in [1.82, 2.24) is 14.9 Å². The molecule has 0 fully saturated rings. The van der Waals surface area contributed by atoms with Crippen molar-refractivity contribution in [3.8, 4) is 0 Å². The second-order valence-electron chi connectivity index (χ2n) is 6.65. The molecule has 1 aliphatic heterocycles. The Bertz CT molecular complexity index is 827. The number of nitrogens with zero attached hydrogens (tertiary/aromatic N) is 2. The monoisotopic (exact) mass is 351 g/mol. The number of aromatic amines is 1. The van der Waals surface area contributed by atoms with Crippen LogP contribution in [0.25, 0.3) is 0 Å². The summed E-state index contributed by atoms with van der Waals surface area (Å²) in [5.74, 6) is 0.695. The van der Waals surface area contributed by atoms with Gasteiger partial charge in [0.1, 0.15) is 5.82 Å². The third-order valence-corrected chi connectivity index (χ3v) is 4.43. The van der Waals surface area contributed by atoms with E-state index in [2.05, 4.69) is 9.97 Å². The van der Waals surface area contributed by atoms with E-state index < -0.39 is 11.7 Å². The average Bonchev–Trinajstić information content (AvgIpc) is 2.54. The normalized spacial score (nSPS) is 15.4. The number of nitrogens with one attached hydrogen (secondary N) is 1. The highest BCUT2D eigenvalue weighted by molar-refractivity contribution is 5.30. The summed E-state index contributed by atoms with van der Waals surface area (Å²) in [6.07, 6.45) is -3.88. The van der Waals surface area contributed by atoms with Crippen LogP contribution >= 0.6 is 0 Å². The van der Waals surface area contributed by atoms with Gasteiger partial charge in [0.05, 0.1) is 11.3 Å². The van der Waals surface area contributed by atoms with Crippen LogP contribution in [0.1, 0.15) is 48.0 Å². The van der Waals surface area contributed by atoms with Crippen molar-refractivity contribution in [2.45, 2.75) is 45.5 Å². The van der Waals surface area contributed by atoms with Gasteiger partial charge in [-0.1, -0.05) is 32.0 Å². The van der Waals surface area contributed by atoms with Crippen molar-refractivity contribution in [1.29, 1.82) is 0 Å². The van der Waals surface area contributed by atoms with Gasteiger partial charge in [0.25, 0.3) is 5.56 Å². The van der Waals surface area contributed by atoms with Crippen LogP contribution in [0, 0.1) is 0 Å². The molecule has 0 bridgehead atoms. The summed E-state index contributed by atoms with van der Waals surface area (Å²) < 4.78 is 39.5. The van der Waals surface area contributed by atoms with E-state index in [9.17, 15) is 18.0 Å². The minimum Gasteiger partial charge on any atom is -0.310 e. The van der Waals surface area contributed by atoms with E-state index in [4.69, 9.17) is 0 Å². The number of hydrogen-bond acceptors (Lipinski definition) is 3. The van der Waals surface area contributed by atoms with Crippen LogP contribution in [0.5, 0.6) is 0 Å². The third kappa shape index (κ3) is 3.76. The molecule has 1 N–H and O–H groups in total. The maximum absolute atomic E-state index is 13.2. The Balaban J connectivity index is 1.86. The second kappa shape index (κ2) is 6.63. The summed E-state index contributed by atoms with van der Waals surface area (Å²) in [6.45, 7) is 4.96. The van der Waals surface area contributed by atoms with Crippen molar-refractivity contribution >= 4 is 0 Å². The largest absolute Gasteiger partial charge is 0.416 e. The molecule has 1 aliphatic rings. The van der Waals surface area contributed by atoms with E-state index in [1.165, 1.54) is 12.1 Å². The number of rotatable bonds is 3. The number of alkyl halides is 3. The van der Waals surface area contributed by atoms with Gasteiger partial charge < -0.3 is 4.98 Å². The molecule has 1 aromatic heterocycles. The summed E-state index contributed by atoms with van der Waals surface area (Å²) in [7, 11) is 0. The average molecular weight is 351 g/mol. The lowest BCUT2D eigenvalue weighted by molar-refractivity contribution is -0.138. The highest BCUT2D eigenvalue weighted by Crippen LogP contribution is 2.32. The van der Waals surface area contributed by atoms with Crippen LogP contribution in [0.2, 0.25) is 0 Å². The Kier molecular flexibility index (Phi) is 4.69. The van der Waals surface area contributed by atoms with Crippen LogP contribution in [-0.4, -0.2) is 21.4 Å². The summed E-state index contributed by atoms with van der Waals surface area (Å²) in [5.41, 5.74) is 0.812. The molecule has 0 atom stereocenters. The molecule has 0 amide bonds. The molecule has 3 rings (SSSR count). The van der Waals surface area contributed by atoms with Gasteiger partial charge in [-0.25, -0.2) is 4.98 Å². The van der Waals surface area contributed by atoms with Crippen molar-refractivity contribution in [2.24, 2.45) is 0 Å². The van der Waals surface area contributed by atoms with Gasteiger partial charge in [0, 0.05) is 31.1 Å². The maximum Gasteiger partial charge on any atom is 0.416 e. The van der Waals surface area contributed by atoms with Crippen molar-refractivity contribution < 1.29 is 13.2 Å². The molecule has 25 heavy (non-hydrogen) atoms. The Hall–Kier alpha value is -2.15. The van der Waals surface area contributed by atoms with Crippen LogP contribution in [-0.2, 0) is 25.7 Å². The summed E-state index contributed by atoms with van der Waals surface area (Å²) in [4.78, 5) is 21.4. The van der Waals surface area contributed by atoms with Gasteiger partial charge in [-0.05, 0) is 18.1 Å². The van der Waals surface area contributed by atoms with E-state index in [0.717, 1.165) is 6.07 Å². The summed E-state index contributed by atoms with van der Waals surface area (Å²) in [5, 5.41) is 0. The lowest BCUT2D eigenvalue weighted by Gasteiger charge is -2.28. The maximum atomic E-state index is 13.2. The smallest absolute Gasteiger partial charge is 0.310 e. The first-order chi connectivity index (χ1) is 11.8. The fourth-order valence-corrected chi connectivity index (χ4v) is 3.10. The zero-order valence-electron chi connectivity index (χ0n) is 14.2. The molecule has 4 nitrogen and oxygen atoms in total. The van der Waals surface area contributed by atoms with E-state index >= 15 is 0 Å². The quantitative estimate of drug-likeness (QED) is 0.921. The number of hydrogen-bond donors (Lipinski definition) is 1. The van der Waals surface area contributed by atoms with Crippen molar-refractivity contribution in [2.75, 3.05) is 6.54 Å². The summed E-state index contributed by atoms with van der Waals surface area (Å²) >= 11 is 0. The number of H-pyrrole nitrogens is 1. The Labute approximate surface area is 143 Å². The van der Waals surface area contributed by atoms with Gasteiger partial charge in [-0.2, -0.15) is 13.2 Å². The van der Waals surface area contributed by atoms with Crippen LogP contribution in [0.3, 0.4) is 0 Å². The van der Waals surface area contributed by atoms with E-state index in [0.29, 0.717) is 36.6 Å². The van der Waals surface area contributed by atoms with Gasteiger partial charge in [0.2, 0.25) is 0 Å². The molecule has 134 valence electrons. The molecule has 0 aliphatic carbocycles. The van der Waals surface area contributed by atoms with Gasteiger partial charge >= 0.3 is 6.18 Å². The first-order valence-corrected chi connectivity index (χ1v) is 8.25. The molecule has 0 saturated carbocycles. The molecule has 2 heterocycles. The fraction of sp³-hybridized carbons (Fsp3) is 0.444. The SMILES string of the molecule is CC(C)c1nc2c(c(=O)[nH]1)CCN(Cc1ccccc1C(F)(F)F)C2. The molecule has 7 heteroatoms. The second-order valence-corrected chi connectivity index (χ2v) is 6.65. The molecule has 2 aromatic rings. The van der Waals surface area contributed by atoms with Gasteiger partial charge in [-0.3, -0.25) is 9.69 Å². The molecule has 1 aromatic carbocycles. The highest BCUT2D eigenvalue weighted by atomic mass is 19.4. The topological polar surface area (TPSA) is 49.0 Å². The first kappa shape index (κ1) is 17.7. The number of aromatic nitrogens is 2.